The highest BCUT2D eigenvalue weighted by molar-refractivity contribution is 6.38. The van der Waals surface area contributed by atoms with Crippen molar-refractivity contribution in [2.24, 2.45) is 5.10 Å². The Bertz CT molecular complexity index is 787. The quantitative estimate of drug-likeness (QED) is 0.640. The van der Waals surface area contributed by atoms with Crippen LogP contribution in [0, 0.1) is 0 Å². The molecule has 1 heterocycles. The van der Waals surface area contributed by atoms with E-state index in [-0.39, 0.29) is 24.5 Å². The number of hydrazone groups is 1. The lowest BCUT2D eigenvalue weighted by atomic mass is 10.1. The average Bonchev–Trinajstić information content (AvgIpc) is 2.63. The van der Waals surface area contributed by atoms with Gasteiger partial charge in [-0.1, -0.05) is 30.3 Å². The summed E-state index contributed by atoms with van der Waals surface area (Å²) >= 11 is 0. The second-order valence-electron chi connectivity index (χ2n) is 5.13. The number of hydrogen-bond acceptors (Lipinski definition) is 5. The molecule has 0 fully saturated rings. The molecule has 0 radical (unpaired) electrons. The Balaban J connectivity index is 1.83. The summed E-state index contributed by atoms with van der Waals surface area (Å²) in [7, 11) is 1.50. The third kappa shape index (κ3) is 3.27. The molecule has 1 amide bonds. The molecular weight excluding hydrogens is 308 g/mol. The van der Waals surface area contributed by atoms with Crippen molar-refractivity contribution >= 4 is 23.3 Å². The molecule has 6 nitrogen and oxygen atoms in total. The number of anilines is 1. The highest BCUT2D eigenvalue weighted by atomic mass is 16.6. The Morgan fingerprint density at radius 1 is 1.00 bits per heavy atom. The summed E-state index contributed by atoms with van der Waals surface area (Å²) in [6.07, 6.45) is 0.449. The number of hydrogen-bond donors (Lipinski definition) is 0. The van der Waals surface area contributed by atoms with Gasteiger partial charge in [0.15, 0.2) is 11.5 Å². The van der Waals surface area contributed by atoms with Crippen molar-refractivity contribution in [3.8, 4) is 11.5 Å². The number of carbonyl (C=O) groups excluding carboxylic acids is 2. The summed E-state index contributed by atoms with van der Waals surface area (Å²) in [5, 5.41) is 5.41. The van der Waals surface area contributed by atoms with E-state index < -0.39 is 5.97 Å². The molecule has 0 aromatic heterocycles. The lowest BCUT2D eigenvalue weighted by molar-refractivity contribution is -0.127. The second kappa shape index (κ2) is 6.95. The summed E-state index contributed by atoms with van der Waals surface area (Å²) in [5.74, 6) is 0.0251. The van der Waals surface area contributed by atoms with E-state index in [1.54, 1.807) is 48.5 Å². The maximum atomic E-state index is 12.4. The zero-order valence-electron chi connectivity index (χ0n) is 13.1. The second-order valence-corrected chi connectivity index (χ2v) is 5.13. The molecule has 24 heavy (non-hydrogen) atoms. The molecule has 1 aliphatic rings. The van der Waals surface area contributed by atoms with E-state index in [4.69, 9.17) is 9.47 Å². The van der Waals surface area contributed by atoms with Crippen LogP contribution in [0.2, 0.25) is 0 Å². The Kier molecular flexibility index (Phi) is 4.56. The Hall–Kier alpha value is -3.15. The SMILES string of the molecule is COc1ccccc1OC(=O)C1=NN(c2ccccc2)C(=O)CC1. The van der Waals surface area contributed by atoms with E-state index >= 15 is 0 Å². The number of nitrogens with zero attached hydrogens (tertiary/aromatic N) is 2. The summed E-state index contributed by atoms with van der Waals surface area (Å²) < 4.78 is 10.5. The molecule has 0 N–H and O–H groups in total. The van der Waals surface area contributed by atoms with E-state index in [0.29, 0.717) is 17.2 Å². The van der Waals surface area contributed by atoms with Gasteiger partial charge in [-0.25, -0.2) is 9.80 Å². The summed E-state index contributed by atoms with van der Waals surface area (Å²) in [6, 6.07) is 15.8. The molecule has 0 saturated heterocycles. The zero-order chi connectivity index (χ0) is 16.9. The Morgan fingerprint density at radius 3 is 2.38 bits per heavy atom. The minimum Gasteiger partial charge on any atom is -0.493 e. The summed E-state index contributed by atoms with van der Waals surface area (Å²) in [4.78, 5) is 24.4. The largest absolute Gasteiger partial charge is 0.493 e. The number of carbonyl (C=O) groups is 2. The van der Waals surface area contributed by atoms with Gasteiger partial charge in [-0.05, 0) is 24.3 Å². The standard InChI is InChI=1S/C18H16N2O4/c1-23-15-9-5-6-10-16(15)24-18(22)14-11-12-17(21)20(19-14)13-7-3-2-4-8-13/h2-10H,11-12H2,1H3. The van der Waals surface area contributed by atoms with E-state index in [1.807, 2.05) is 6.07 Å². The highest BCUT2D eigenvalue weighted by Gasteiger charge is 2.27. The van der Waals surface area contributed by atoms with Crippen LogP contribution in [0.15, 0.2) is 59.7 Å². The zero-order valence-corrected chi connectivity index (χ0v) is 13.1. The van der Waals surface area contributed by atoms with Crippen molar-refractivity contribution in [1.82, 2.24) is 0 Å². The monoisotopic (exact) mass is 324 g/mol. The van der Waals surface area contributed by atoms with Gasteiger partial charge in [0.1, 0.15) is 5.71 Å². The van der Waals surface area contributed by atoms with Gasteiger partial charge in [0.2, 0.25) is 5.91 Å². The van der Waals surface area contributed by atoms with E-state index in [0.717, 1.165) is 0 Å². The number of ether oxygens (including phenoxy) is 2. The number of methoxy groups -OCH3 is 1. The van der Waals surface area contributed by atoms with Crippen LogP contribution < -0.4 is 14.5 Å². The lowest BCUT2D eigenvalue weighted by Crippen LogP contribution is -2.35. The van der Waals surface area contributed by atoms with Gasteiger partial charge in [0.05, 0.1) is 12.8 Å². The van der Waals surface area contributed by atoms with Crippen LogP contribution in [0.4, 0.5) is 5.69 Å². The number of esters is 1. The first-order chi connectivity index (χ1) is 11.7. The number of rotatable bonds is 4. The predicted octanol–water partition coefficient (Wildman–Crippen LogP) is 2.78. The highest BCUT2D eigenvalue weighted by Crippen LogP contribution is 2.27. The first kappa shape index (κ1) is 15.7. The van der Waals surface area contributed by atoms with Crippen molar-refractivity contribution in [2.75, 3.05) is 12.1 Å². The topological polar surface area (TPSA) is 68.2 Å². The fourth-order valence-corrected chi connectivity index (χ4v) is 2.33. The molecule has 122 valence electrons. The smallest absolute Gasteiger partial charge is 0.360 e. The minimum atomic E-state index is -0.590. The molecule has 0 saturated carbocycles. The molecule has 0 bridgehead atoms. The van der Waals surface area contributed by atoms with Crippen molar-refractivity contribution in [1.29, 1.82) is 0 Å². The van der Waals surface area contributed by atoms with E-state index in [1.165, 1.54) is 12.1 Å². The van der Waals surface area contributed by atoms with E-state index in [2.05, 4.69) is 5.10 Å². The summed E-state index contributed by atoms with van der Waals surface area (Å²) in [5.41, 5.74) is 0.814. The third-order valence-corrected chi connectivity index (χ3v) is 3.54. The molecule has 6 heteroatoms. The Morgan fingerprint density at radius 2 is 1.67 bits per heavy atom. The third-order valence-electron chi connectivity index (χ3n) is 3.54. The van der Waals surface area contributed by atoms with Gasteiger partial charge >= 0.3 is 5.97 Å². The van der Waals surface area contributed by atoms with Gasteiger partial charge in [0, 0.05) is 12.8 Å². The normalized spacial score (nSPS) is 14.1. The maximum Gasteiger partial charge on any atom is 0.360 e. The molecule has 2 aromatic carbocycles. The molecule has 2 aromatic rings. The van der Waals surface area contributed by atoms with Crippen molar-refractivity contribution in [3.63, 3.8) is 0 Å². The van der Waals surface area contributed by atoms with Crippen molar-refractivity contribution < 1.29 is 19.1 Å². The average molecular weight is 324 g/mol. The van der Waals surface area contributed by atoms with Crippen molar-refractivity contribution in [2.45, 2.75) is 12.8 Å². The molecule has 0 unspecified atom stereocenters. The van der Waals surface area contributed by atoms with Gasteiger partial charge in [-0.15, -0.1) is 0 Å². The van der Waals surface area contributed by atoms with Gasteiger partial charge < -0.3 is 9.47 Å². The van der Waals surface area contributed by atoms with Crippen LogP contribution in [0.1, 0.15) is 12.8 Å². The van der Waals surface area contributed by atoms with Crippen molar-refractivity contribution in [3.05, 3.63) is 54.6 Å². The molecule has 3 rings (SSSR count). The number of amides is 1. The maximum absolute atomic E-state index is 12.4. The van der Waals surface area contributed by atoms with Gasteiger partial charge in [-0.3, -0.25) is 4.79 Å². The van der Waals surface area contributed by atoms with Crippen LogP contribution in [0.3, 0.4) is 0 Å². The molecule has 1 aliphatic heterocycles. The molecule has 0 spiro atoms. The van der Waals surface area contributed by atoms with Crippen LogP contribution >= 0.6 is 0 Å². The first-order valence-electron chi connectivity index (χ1n) is 7.49. The molecular formula is C18H16N2O4. The van der Waals surface area contributed by atoms with Crippen LogP contribution in [0.5, 0.6) is 11.5 Å². The lowest BCUT2D eigenvalue weighted by Gasteiger charge is -2.22. The minimum absolute atomic E-state index is 0.157. The van der Waals surface area contributed by atoms with Gasteiger partial charge in [0.25, 0.3) is 0 Å². The Labute approximate surface area is 139 Å². The fourth-order valence-electron chi connectivity index (χ4n) is 2.33. The van der Waals surface area contributed by atoms with Crippen LogP contribution in [0.25, 0.3) is 0 Å². The fraction of sp³-hybridized carbons (Fsp3) is 0.167. The molecule has 0 aliphatic carbocycles. The molecule has 0 atom stereocenters. The van der Waals surface area contributed by atoms with Crippen LogP contribution in [-0.2, 0) is 9.59 Å². The predicted molar refractivity (Wildman–Crippen MR) is 89.2 cm³/mol. The summed E-state index contributed by atoms with van der Waals surface area (Å²) in [6.45, 7) is 0. The number of para-hydroxylation sites is 3. The number of benzene rings is 2. The van der Waals surface area contributed by atoms with Crippen LogP contribution in [-0.4, -0.2) is 24.7 Å². The van der Waals surface area contributed by atoms with Gasteiger partial charge in [-0.2, -0.15) is 5.10 Å². The first-order valence-corrected chi connectivity index (χ1v) is 7.49. The van der Waals surface area contributed by atoms with E-state index in [9.17, 15) is 9.59 Å².